The van der Waals surface area contributed by atoms with Crippen molar-refractivity contribution in [2.45, 2.75) is 45.1 Å². The van der Waals surface area contributed by atoms with Crippen LogP contribution in [0.15, 0.2) is 60.8 Å². The standard InChI is InChI=1S/C26H27FN4O2/c1-18-21(26(33)30-20-10-3-2-4-11-20)17-28-25(29-18)23-13-7-8-16-31(23)24(32)15-14-19-9-5-6-12-22(19)27/h2-6,9-12,17,23H,7-8,13-16H2,1H3,(H,30,33)/t23-/m0/s1. The van der Waals surface area contributed by atoms with Crippen LogP contribution in [0.3, 0.4) is 0 Å². The molecule has 2 heterocycles. The lowest BCUT2D eigenvalue weighted by atomic mass is 9.99. The second-order valence-electron chi connectivity index (χ2n) is 8.24. The second kappa shape index (κ2) is 10.3. The molecule has 1 fully saturated rings. The molecule has 4 rings (SSSR count). The molecule has 1 saturated heterocycles. The van der Waals surface area contributed by atoms with Crippen LogP contribution in [0, 0.1) is 12.7 Å². The third-order valence-corrected chi connectivity index (χ3v) is 5.96. The molecule has 2 aromatic carbocycles. The molecule has 1 aliphatic rings. The molecule has 0 unspecified atom stereocenters. The Morgan fingerprint density at radius 2 is 1.85 bits per heavy atom. The molecular weight excluding hydrogens is 419 g/mol. The first-order chi connectivity index (χ1) is 16.0. The number of nitrogens with one attached hydrogen (secondary N) is 1. The number of hydrogen-bond acceptors (Lipinski definition) is 4. The predicted octanol–water partition coefficient (Wildman–Crippen LogP) is 4.86. The summed E-state index contributed by atoms with van der Waals surface area (Å²) in [7, 11) is 0. The zero-order valence-corrected chi connectivity index (χ0v) is 18.6. The number of piperidine rings is 1. The molecule has 1 aliphatic heterocycles. The van der Waals surface area contributed by atoms with Crippen LogP contribution in [0.1, 0.15) is 59.2 Å². The Morgan fingerprint density at radius 3 is 2.61 bits per heavy atom. The third kappa shape index (κ3) is 5.42. The Kier molecular flexibility index (Phi) is 7.07. The number of aryl methyl sites for hydroxylation is 2. The maximum atomic E-state index is 13.9. The van der Waals surface area contributed by atoms with E-state index in [0.717, 1.165) is 19.3 Å². The molecule has 2 amide bonds. The van der Waals surface area contributed by atoms with Gasteiger partial charge in [0.2, 0.25) is 5.91 Å². The maximum absolute atomic E-state index is 13.9. The summed E-state index contributed by atoms with van der Waals surface area (Å²) in [5.74, 6) is -0.0478. The minimum absolute atomic E-state index is 0.0323. The van der Waals surface area contributed by atoms with E-state index in [1.54, 1.807) is 25.1 Å². The van der Waals surface area contributed by atoms with Crippen LogP contribution in [0.5, 0.6) is 0 Å². The monoisotopic (exact) mass is 446 g/mol. The third-order valence-electron chi connectivity index (χ3n) is 5.96. The first-order valence-electron chi connectivity index (χ1n) is 11.3. The fourth-order valence-corrected chi connectivity index (χ4v) is 4.17. The quantitative estimate of drug-likeness (QED) is 0.587. The predicted molar refractivity (Wildman–Crippen MR) is 124 cm³/mol. The summed E-state index contributed by atoms with van der Waals surface area (Å²) in [6.45, 7) is 2.40. The van der Waals surface area contributed by atoms with Gasteiger partial charge in [0.25, 0.3) is 5.91 Å². The number of benzene rings is 2. The van der Waals surface area contributed by atoms with Crippen molar-refractivity contribution in [3.05, 3.63) is 89.3 Å². The van der Waals surface area contributed by atoms with Crippen molar-refractivity contribution in [3.63, 3.8) is 0 Å². The fraction of sp³-hybridized carbons (Fsp3) is 0.308. The number of amides is 2. The first-order valence-corrected chi connectivity index (χ1v) is 11.3. The van der Waals surface area contributed by atoms with Gasteiger partial charge in [0, 0.05) is 24.8 Å². The number of carbonyl (C=O) groups is 2. The molecule has 6 nitrogen and oxygen atoms in total. The van der Waals surface area contributed by atoms with Gasteiger partial charge in [-0.2, -0.15) is 0 Å². The van der Waals surface area contributed by atoms with Gasteiger partial charge in [-0.15, -0.1) is 0 Å². The largest absolute Gasteiger partial charge is 0.332 e. The molecule has 33 heavy (non-hydrogen) atoms. The average Bonchev–Trinajstić information content (AvgIpc) is 2.84. The highest BCUT2D eigenvalue weighted by Crippen LogP contribution is 2.30. The smallest absolute Gasteiger partial charge is 0.259 e. The molecular formula is C26H27FN4O2. The molecule has 1 N–H and O–H groups in total. The van der Waals surface area contributed by atoms with Crippen molar-refractivity contribution >= 4 is 17.5 Å². The minimum atomic E-state index is -0.288. The highest BCUT2D eigenvalue weighted by atomic mass is 19.1. The van der Waals surface area contributed by atoms with Crippen molar-refractivity contribution in [1.82, 2.24) is 14.9 Å². The van der Waals surface area contributed by atoms with E-state index in [9.17, 15) is 14.0 Å². The van der Waals surface area contributed by atoms with Crippen LogP contribution in [0.25, 0.3) is 0 Å². The number of anilines is 1. The number of likely N-dealkylation sites (tertiary alicyclic amines) is 1. The summed E-state index contributed by atoms with van der Waals surface area (Å²) in [4.78, 5) is 36.5. The summed E-state index contributed by atoms with van der Waals surface area (Å²) < 4.78 is 13.9. The molecule has 7 heteroatoms. The molecule has 0 saturated carbocycles. The van der Waals surface area contributed by atoms with Crippen molar-refractivity contribution in [2.75, 3.05) is 11.9 Å². The maximum Gasteiger partial charge on any atom is 0.259 e. The number of aromatic nitrogens is 2. The Balaban J connectivity index is 1.47. The Hall–Kier alpha value is -3.61. The normalized spacial score (nSPS) is 15.8. The lowest BCUT2D eigenvalue weighted by molar-refractivity contribution is -0.135. The number of hydrogen-bond donors (Lipinski definition) is 1. The van der Waals surface area contributed by atoms with Gasteiger partial charge in [0.1, 0.15) is 5.82 Å². The summed E-state index contributed by atoms with van der Waals surface area (Å²) >= 11 is 0. The van der Waals surface area contributed by atoms with E-state index in [-0.39, 0.29) is 30.1 Å². The van der Waals surface area contributed by atoms with Gasteiger partial charge < -0.3 is 10.2 Å². The first kappa shape index (κ1) is 22.6. The van der Waals surface area contributed by atoms with Crippen LogP contribution >= 0.6 is 0 Å². The zero-order valence-electron chi connectivity index (χ0n) is 18.6. The fourth-order valence-electron chi connectivity index (χ4n) is 4.17. The summed E-state index contributed by atoms with van der Waals surface area (Å²) in [6, 6.07) is 15.5. The van der Waals surface area contributed by atoms with Crippen molar-refractivity contribution < 1.29 is 14.0 Å². The summed E-state index contributed by atoms with van der Waals surface area (Å²) in [5, 5.41) is 2.85. The molecule has 3 aromatic rings. The van der Waals surface area contributed by atoms with Crippen LogP contribution in [-0.4, -0.2) is 33.2 Å². The van der Waals surface area contributed by atoms with Crippen LogP contribution in [0.4, 0.5) is 10.1 Å². The molecule has 0 bridgehead atoms. The molecule has 0 aliphatic carbocycles. The van der Waals surface area contributed by atoms with E-state index in [2.05, 4.69) is 15.3 Å². The van der Waals surface area contributed by atoms with Gasteiger partial charge in [0.15, 0.2) is 5.82 Å². The van der Waals surface area contributed by atoms with E-state index < -0.39 is 0 Å². The van der Waals surface area contributed by atoms with Crippen LogP contribution < -0.4 is 5.32 Å². The lowest BCUT2D eigenvalue weighted by Crippen LogP contribution is -2.39. The van der Waals surface area contributed by atoms with Gasteiger partial charge in [-0.1, -0.05) is 36.4 Å². The van der Waals surface area contributed by atoms with E-state index >= 15 is 0 Å². The van der Waals surface area contributed by atoms with E-state index in [0.29, 0.717) is 41.3 Å². The molecule has 0 spiro atoms. The van der Waals surface area contributed by atoms with Gasteiger partial charge >= 0.3 is 0 Å². The minimum Gasteiger partial charge on any atom is -0.332 e. The van der Waals surface area contributed by atoms with Crippen molar-refractivity contribution in [3.8, 4) is 0 Å². The van der Waals surface area contributed by atoms with E-state index in [1.807, 2.05) is 35.2 Å². The number of carbonyl (C=O) groups excluding carboxylic acids is 2. The Bertz CT molecular complexity index is 1140. The van der Waals surface area contributed by atoms with E-state index in [4.69, 9.17) is 0 Å². The molecule has 1 aromatic heterocycles. The van der Waals surface area contributed by atoms with Gasteiger partial charge in [-0.25, -0.2) is 14.4 Å². The second-order valence-corrected chi connectivity index (χ2v) is 8.24. The highest BCUT2D eigenvalue weighted by molar-refractivity contribution is 6.04. The average molecular weight is 447 g/mol. The Morgan fingerprint density at radius 1 is 1.09 bits per heavy atom. The van der Waals surface area contributed by atoms with Gasteiger partial charge in [-0.05, 0) is 56.4 Å². The number of para-hydroxylation sites is 1. The molecule has 0 radical (unpaired) electrons. The van der Waals surface area contributed by atoms with Gasteiger partial charge in [-0.3, -0.25) is 9.59 Å². The van der Waals surface area contributed by atoms with E-state index in [1.165, 1.54) is 12.3 Å². The zero-order chi connectivity index (χ0) is 23.2. The molecule has 170 valence electrons. The molecule has 1 atom stereocenters. The Labute approximate surface area is 192 Å². The van der Waals surface area contributed by atoms with Crippen molar-refractivity contribution in [1.29, 1.82) is 0 Å². The SMILES string of the molecule is Cc1nc([C@@H]2CCCCN2C(=O)CCc2ccccc2F)ncc1C(=O)Nc1ccccc1. The lowest BCUT2D eigenvalue weighted by Gasteiger charge is -2.35. The summed E-state index contributed by atoms with van der Waals surface area (Å²) in [6.07, 6.45) is 4.77. The van der Waals surface area contributed by atoms with Crippen molar-refractivity contribution in [2.24, 2.45) is 0 Å². The van der Waals surface area contributed by atoms with Crippen LogP contribution in [0.2, 0.25) is 0 Å². The number of halogens is 1. The topological polar surface area (TPSA) is 75.2 Å². The summed E-state index contributed by atoms with van der Waals surface area (Å²) in [5.41, 5.74) is 2.21. The highest BCUT2D eigenvalue weighted by Gasteiger charge is 2.30. The van der Waals surface area contributed by atoms with Gasteiger partial charge in [0.05, 0.1) is 17.3 Å². The number of rotatable bonds is 6. The number of nitrogens with zero attached hydrogens (tertiary/aromatic N) is 3. The van der Waals surface area contributed by atoms with Crippen LogP contribution in [-0.2, 0) is 11.2 Å².